The van der Waals surface area contributed by atoms with Crippen molar-refractivity contribution < 1.29 is 80.2 Å². The quantitative estimate of drug-likeness (QED) is 0.0222. The van der Waals surface area contributed by atoms with Gasteiger partial charge in [-0.25, -0.2) is 9.13 Å². The lowest BCUT2D eigenvalue weighted by Crippen LogP contribution is -2.30. The molecule has 0 spiro atoms. The van der Waals surface area contributed by atoms with Gasteiger partial charge in [0.1, 0.15) is 19.3 Å². The summed E-state index contributed by atoms with van der Waals surface area (Å²) in [6.07, 6.45) is 68.1. The summed E-state index contributed by atoms with van der Waals surface area (Å²) < 4.78 is 68.8. The molecule has 0 aliphatic carbocycles. The molecule has 0 aromatic heterocycles. The molecule has 3 N–H and O–H groups in total. The second-order valence-corrected chi connectivity index (χ2v) is 33.3. The Labute approximate surface area is 626 Å². The van der Waals surface area contributed by atoms with E-state index < -0.39 is 97.5 Å². The van der Waals surface area contributed by atoms with Crippen molar-refractivity contribution >= 4 is 39.5 Å². The van der Waals surface area contributed by atoms with Gasteiger partial charge in [-0.05, 0) is 31.6 Å². The molecule has 0 saturated carbocycles. The third-order valence-electron chi connectivity index (χ3n) is 19.5. The van der Waals surface area contributed by atoms with E-state index in [0.29, 0.717) is 31.6 Å². The van der Waals surface area contributed by atoms with Gasteiger partial charge in [0.15, 0.2) is 12.2 Å². The van der Waals surface area contributed by atoms with Gasteiger partial charge in [0.25, 0.3) is 0 Å². The van der Waals surface area contributed by atoms with E-state index in [0.717, 1.165) is 96.3 Å². The number of phosphoric acid groups is 2. The largest absolute Gasteiger partial charge is 0.472 e. The third-order valence-corrected chi connectivity index (χ3v) is 21.4. The number of carbonyl (C=O) groups excluding carboxylic acids is 4. The first kappa shape index (κ1) is 100. The first-order valence-corrected chi connectivity index (χ1v) is 46.1. The van der Waals surface area contributed by atoms with Gasteiger partial charge in [0.05, 0.1) is 26.4 Å². The number of phosphoric ester groups is 2. The zero-order valence-electron chi connectivity index (χ0n) is 66.8. The molecule has 0 rings (SSSR count). The minimum absolute atomic E-state index is 0.108. The van der Waals surface area contributed by atoms with Crippen LogP contribution in [0.1, 0.15) is 446 Å². The number of aliphatic hydroxyl groups is 1. The normalized spacial score (nSPS) is 13.8. The molecule has 0 heterocycles. The zero-order chi connectivity index (χ0) is 74.8. The van der Waals surface area contributed by atoms with Crippen molar-refractivity contribution in [1.82, 2.24) is 0 Å². The molecule has 0 aliphatic heterocycles. The van der Waals surface area contributed by atoms with E-state index in [1.54, 1.807) is 0 Å². The molecule has 0 aromatic carbocycles. The molecule has 0 amide bonds. The first-order chi connectivity index (χ1) is 49.5. The first-order valence-electron chi connectivity index (χ1n) is 43.1. The highest BCUT2D eigenvalue weighted by Crippen LogP contribution is 2.45. The van der Waals surface area contributed by atoms with Crippen LogP contribution in [0.4, 0.5) is 0 Å². The molecule has 0 aliphatic rings. The lowest BCUT2D eigenvalue weighted by atomic mass is 10.0. The van der Waals surface area contributed by atoms with E-state index in [9.17, 15) is 43.2 Å². The van der Waals surface area contributed by atoms with Crippen molar-refractivity contribution in [3.05, 3.63) is 0 Å². The van der Waals surface area contributed by atoms with Crippen LogP contribution in [0.3, 0.4) is 0 Å². The molecule has 0 radical (unpaired) electrons. The Balaban J connectivity index is 5.23. The highest BCUT2D eigenvalue weighted by Gasteiger charge is 2.30. The molecule has 19 heteroatoms. The Morgan fingerprint density at radius 3 is 0.667 bits per heavy atom. The van der Waals surface area contributed by atoms with Crippen LogP contribution in [0, 0.1) is 5.92 Å². The number of hydrogen-bond donors (Lipinski definition) is 3. The van der Waals surface area contributed by atoms with E-state index in [4.69, 9.17) is 37.0 Å². The van der Waals surface area contributed by atoms with Crippen LogP contribution in [-0.4, -0.2) is 96.7 Å². The molecule has 0 saturated heterocycles. The summed E-state index contributed by atoms with van der Waals surface area (Å²) in [5.41, 5.74) is 0. The van der Waals surface area contributed by atoms with Gasteiger partial charge in [-0.2, -0.15) is 0 Å². The number of hydrogen-bond acceptors (Lipinski definition) is 15. The van der Waals surface area contributed by atoms with Gasteiger partial charge in [-0.1, -0.05) is 394 Å². The molecule has 5 atom stereocenters. The van der Waals surface area contributed by atoms with E-state index in [-0.39, 0.29) is 25.7 Å². The van der Waals surface area contributed by atoms with Crippen LogP contribution in [0.15, 0.2) is 0 Å². The van der Waals surface area contributed by atoms with E-state index in [1.165, 1.54) is 263 Å². The molecule has 102 heavy (non-hydrogen) atoms. The maximum absolute atomic E-state index is 13.1. The topological polar surface area (TPSA) is 237 Å². The maximum atomic E-state index is 13.1. The summed E-state index contributed by atoms with van der Waals surface area (Å²) in [6.45, 7) is 7.29. The number of ether oxygens (including phenoxy) is 4. The number of rotatable bonds is 83. The Morgan fingerprint density at radius 2 is 0.451 bits per heavy atom. The Kier molecular flexibility index (Phi) is 74.4. The van der Waals surface area contributed by atoms with Crippen LogP contribution in [0.5, 0.6) is 0 Å². The predicted octanol–water partition coefficient (Wildman–Crippen LogP) is 25.2. The summed E-state index contributed by atoms with van der Waals surface area (Å²) in [6, 6.07) is 0. The monoisotopic (exact) mass is 1490 g/mol. The zero-order valence-corrected chi connectivity index (χ0v) is 68.5. The molecule has 0 fully saturated rings. The van der Waals surface area contributed by atoms with E-state index in [1.807, 2.05) is 0 Å². The molecule has 606 valence electrons. The smallest absolute Gasteiger partial charge is 0.462 e. The average molecular weight is 1490 g/mol. The summed E-state index contributed by atoms with van der Waals surface area (Å²) in [5.74, 6) is -1.40. The molecular formula is C83H162O17P2. The van der Waals surface area contributed by atoms with Crippen molar-refractivity contribution in [1.29, 1.82) is 0 Å². The van der Waals surface area contributed by atoms with Crippen molar-refractivity contribution in [3.63, 3.8) is 0 Å². The van der Waals surface area contributed by atoms with Gasteiger partial charge in [0.2, 0.25) is 0 Å². The lowest BCUT2D eigenvalue weighted by Gasteiger charge is -2.21. The van der Waals surface area contributed by atoms with Crippen LogP contribution >= 0.6 is 15.6 Å². The van der Waals surface area contributed by atoms with E-state index >= 15 is 0 Å². The van der Waals surface area contributed by atoms with Gasteiger partial charge in [-0.3, -0.25) is 37.3 Å². The highest BCUT2D eigenvalue weighted by molar-refractivity contribution is 7.47. The van der Waals surface area contributed by atoms with Crippen LogP contribution < -0.4 is 0 Å². The Hall–Kier alpha value is -1.94. The van der Waals surface area contributed by atoms with Crippen LogP contribution in [0.2, 0.25) is 0 Å². The summed E-state index contributed by atoms with van der Waals surface area (Å²) in [7, 11) is -9.92. The standard InChI is InChI=1S/C83H162O17P2/c1-6-9-12-15-18-21-24-27-30-33-34-35-36-39-42-45-48-53-59-64-68-82(87)99-78(72-93-80(85)66-61-56-51-46-43-40-37-31-28-25-22-19-16-13-10-7-2)74-97-101(89,90)95-70-77(84)71-96-102(91,92)98-75-79(73-94-81(86)67-62-57-54-49-50-55-60-65-76(4)5)100-83(88)69-63-58-52-47-44-41-38-32-29-26-23-20-17-14-11-8-3/h76-79,84H,6-75H2,1-5H3,(H,89,90)(H,91,92)/t77-,78-,79-/m1/s1. The SMILES string of the molecule is CCCCCCCCCCCCCCCCCCCCCCC(=O)O[C@H](COC(=O)CCCCCCCCCCCCCCCCCC)COP(=O)(O)OC[C@@H](O)COP(=O)(O)OC[C@@H](COC(=O)CCCCCCCCCC(C)C)OC(=O)CCCCCCCCCCCCCCCCCC. The average Bonchev–Trinajstić information content (AvgIpc) is 0.911. The highest BCUT2D eigenvalue weighted by atomic mass is 31.2. The number of esters is 4. The van der Waals surface area contributed by atoms with Crippen molar-refractivity contribution in [3.8, 4) is 0 Å². The summed E-state index contributed by atoms with van der Waals surface area (Å²) in [5, 5.41) is 10.7. The fourth-order valence-corrected chi connectivity index (χ4v) is 14.5. The fraction of sp³-hybridized carbons (Fsp3) is 0.952. The molecule has 17 nitrogen and oxygen atoms in total. The van der Waals surface area contributed by atoms with Gasteiger partial charge in [0, 0.05) is 25.7 Å². The number of aliphatic hydroxyl groups excluding tert-OH is 1. The minimum Gasteiger partial charge on any atom is -0.462 e. The van der Waals surface area contributed by atoms with Crippen molar-refractivity contribution in [2.45, 2.75) is 464 Å². The van der Waals surface area contributed by atoms with Gasteiger partial charge in [-0.15, -0.1) is 0 Å². The second kappa shape index (κ2) is 75.9. The molecule has 2 unspecified atom stereocenters. The second-order valence-electron chi connectivity index (χ2n) is 30.3. The summed E-state index contributed by atoms with van der Waals surface area (Å²) in [4.78, 5) is 73.1. The predicted molar refractivity (Wildman–Crippen MR) is 418 cm³/mol. The number of unbranched alkanes of at least 4 members (excludes halogenated alkanes) is 55. The van der Waals surface area contributed by atoms with Crippen molar-refractivity contribution in [2.75, 3.05) is 39.6 Å². The molecule has 0 bridgehead atoms. The fourth-order valence-electron chi connectivity index (χ4n) is 12.9. The van der Waals surface area contributed by atoms with Gasteiger partial charge < -0.3 is 33.8 Å². The van der Waals surface area contributed by atoms with Gasteiger partial charge >= 0.3 is 39.5 Å². The lowest BCUT2D eigenvalue weighted by molar-refractivity contribution is -0.161. The summed E-state index contributed by atoms with van der Waals surface area (Å²) >= 11 is 0. The number of carbonyl (C=O) groups is 4. The Bertz CT molecular complexity index is 1940. The van der Waals surface area contributed by atoms with Crippen LogP contribution in [-0.2, 0) is 65.4 Å². The molecule has 0 aromatic rings. The molecular weight excluding hydrogens is 1330 g/mol. The van der Waals surface area contributed by atoms with E-state index in [2.05, 4.69) is 34.6 Å². The maximum Gasteiger partial charge on any atom is 0.472 e. The van der Waals surface area contributed by atoms with Crippen molar-refractivity contribution in [2.24, 2.45) is 5.92 Å². The Morgan fingerprint density at radius 1 is 0.265 bits per heavy atom. The third kappa shape index (κ3) is 76.3. The van der Waals surface area contributed by atoms with Crippen LogP contribution in [0.25, 0.3) is 0 Å². The minimum atomic E-state index is -4.96.